The summed E-state index contributed by atoms with van der Waals surface area (Å²) in [6, 6.07) is 10.6. The van der Waals surface area contributed by atoms with E-state index in [1.165, 1.54) is 44.9 Å². The summed E-state index contributed by atoms with van der Waals surface area (Å²) in [5.41, 5.74) is 3.11. The summed E-state index contributed by atoms with van der Waals surface area (Å²) in [5.74, 6) is 1.71. The Morgan fingerprint density at radius 3 is 2.53 bits per heavy atom. The first kappa shape index (κ1) is 18.9. The smallest absolute Gasteiger partial charge is 0.229 e. The van der Waals surface area contributed by atoms with Crippen molar-refractivity contribution in [1.29, 1.82) is 0 Å². The van der Waals surface area contributed by atoms with Gasteiger partial charge < -0.3 is 10.2 Å². The van der Waals surface area contributed by atoms with Crippen LogP contribution in [0.2, 0.25) is 0 Å². The molecule has 5 rings (SSSR count). The third-order valence-electron chi connectivity index (χ3n) is 6.08. The molecular formula is C24H28N6. The lowest BCUT2D eigenvalue weighted by atomic mass is 9.95. The molecule has 154 valence electrons. The predicted octanol–water partition coefficient (Wildman–Crippen LogP) is 5.35. The summed E-state index contributed by atoms with van der Waals surface area (Å²) in [5, 5.41) is 7.64. The Morgan fingerprint density at radius 1 is 0.967 bits per heavy atom. The van der Waals surface area contributed by atoms with E-state index in [-0.39, 0.29) is 0 Å². The lowest BCUT2D eigenvalue weighted by Crippen LogP contribution is -2.38. The van der Waals surface area contributed by atoms with E-state index in [1.54, 1.807) is 6.20 Å². The van der Waals surface area contributed by atoms with Crippen molar-refractivity contribution >= 4 is 23.5 Å². The third-order valence-corrected chi connectivity index (χ3v) is 6.08. The zero-order valence-electron chi connectivity index (χ0n) is 17.2. The summed E-state index contributed by atoms with van der Waals surface area (Å²) < 4.78 is 1.85. The Bertz CT molecular complexity index is 985. The Balaban J connectivity index is 1.35. The first-order chi connectivity index (χ1) is 14.9. The topological polar surface area (TPSA) is 58.9 Å². The second-order valence-electron chi connectivity index (χ2n) is 8.15. The highest BCUT2D eigenvalue weighted by atomic mass is 15.3. The van der Waals surface area contributed by atoms with E-state index in [2.05, 4.69) is 32.5 Å². The molecule has 0 saturated heterocycles. The molecule has 1 saturated carbocycles. The van der Waals surface area contributed by atoms with Crippen LogP contribution in [0.4, 0.5) is 17.5 Å². The van der Waals surface area contributed by atoms with Gasteiger partial charge in [0, 0.05) is 42.4 Å². The molecule has 2 aliphatic rings. The van der Waals surface area contributed by atoms with Crippen molar-refractivity contribution in [2.24, 2.45) is 0 Å². The van der Waals surface area contributed by atoms with Crippen LogP contribution in [0.15, 0.2) is 55.0 Å². The van der Waals surface area contributed by atoms with E-state index in [1.807, 2.05) is 47.4 Å². The van der Waals surface area contributed by atoms with Crippen molar-refractivity contribution in [3.63, 3.8) is 0 Å². The van der Waals surface area contributed by atoms with Gasteiger partial charge in [0.1, 0.15) is 5.82 Å². The summed E-state index contributed by atoms with van der Waals surface area (Å²) >= 11 is 0. The van der Waals surface area contributed by atoms with Crippen molar-refractivity contribution in [2.45, 2.75) is 51.0 Å². The van der Waals surface area contributed by atoms with Gasteiger partial charge in [-0.2, -0.15) is 10.1 Å². The largest absolute Gasteiger partial charge is 0.349 e. The van der Waals surface area contributed by atoms with Crippen molar-refractivity contribution in [3.8, 4) is 5.69 Å². The van der Waals surface area contributed by atoms with E-state index in [0.717, 1.165) is 29.3 Å². The normalized spacial score (nSPS) is 17.3. The molecule has 6 heteroatoms. The maximum absolute atomic E-state index is 4.93. The van der Waals surface area contributed by atoms with Crippen LogP contribution in [0.3, 0.4) is 0 Å². The number of hydrogen-bond acceptors (Lipinski definition) is 5. The average Bonchev–Trinajstić information content (AvgIpc) is 3.29. The van der Waals surface area contributed by atoms with Gasteiger partial charge in [-0.05, 0) is 43.2 Å². The number of hydrogen-bond donors (Lipinski definition) is 1. The van der Waals surface area contributed by atoms with E-state index in [9.17, 15) is 0 Å². The minimum absolute atomic E-state index is 0.574. The number of nitrogens with one attached hydrogen (secondary N) is 1. The standard InChI is InChI=1S/C24H28N6/c1-2-4-9-21(10-5-3-1)29-16-6-8-19-18-25-24(28-23(19)29)27-20-11-13-22(14-12-20)30-17-7-15-26-30/h6-8,11-15,17-18,21H,1-5,9-10,16H2,(H,25,27,28). The maximum atomic E-state index is 4.93. The molecule has 3 heterocycles. The molecule has 3 aromatic rings. The Hall–Kier alpha value is -3.15. The molecule has 1 aliphatic carbocycles. The first-order valence-corrected chi connectivity index (χ1v) is 11.0. The van der Waals surface area contributed by atoms with E-state index < -0.39 is 0 Å². The molecule has 0 atom stereocenters. The highest BCUT2D eigenvalue weighted by molar-refractivity contribution is 5.69. The van der Waals surface area contributed by atoms with Crippen molar-refractivity contribution in [2.75, 3.05) is 16.8 Å². The number of fused-ring (bicyclic) bond motifs is 1. The van der Waals surface area contributed by atoms with Crippen LogP contribution in [0.1, 0.15) is 50.5 Å². The number of nitrogens with zero attached hydrogens (tertiary/aromatic N) is 5. The van der Waals surface area contributed by atoms with Gasteiger partial charge >= 0.3 is 0 Å². The van der Waals surface area contributed by atoms with Crippen LogP contribution >= 0.6 is 0 Å². The highest BCUT2D eigenvalue weighted by Gasteiger charge is 2.24. The second-order valence-corrected chi connectivity index (χ2v) is 8.15. The van der Waals surface area contributed by atoms with E-state index in [4.69, 9.17) is 4.98 Å². The molecule has 1 fully saturated rings. The lowest BCUT2D eigenvalue weighted by molar-refractivity contribution is 0.433. The molecule has 0 amide bonds. The van der Waals surface area contributed by atoms with E-state index in [0.29, 0.717) is 12.0 Å². The Labute approximate surface area is 177 Å². The van der Waals surface area contributed by atoms with Crippen LogP contribution in [-0.2, 0) is 0 Å². The van der Waals surface area contributed by atoms with Crippen molar-refractivity contribution in [1.82, 2.24) is 19.7 Å². The van der Waals surface area contributed by atoms with Crippen LogP contribution in [0.5, 0.6) is 0 Å². The van der Waals surface area contributed by atoms with Gasteiger partial charge in [-0.25, -0.2) is 9.67 Å². The van der Waals surface area contributed by atoms with Crippen LogP contribution in [0, 0.1) is 0 Å². The summed E-state index contributed by atoms with van der Waals surface area (Å²) in [7, 11) is 0. The van der Waals surface area contributed by atoms with Gasteiger partial charge in [0.15, 0.2) is 0 Å². The van der Waals surface area contributed by atoms with Gasteiger partial charge in [0.05, 0.1) is 5.69 Å². The van der Waals surface area contributed by atoms with Gasteiger partial charge in [0.2, 0.25) is 5.95 Å². The third kappa shape index (κ3) is 4.08. The molecular weight excluding hydrogens is 372 g/mol. The minimum Gasteiger partial charge on any atom is -0.349 e. The Morgan fingerprint density at radius 2 is 1.77 bits per heavy atom. The molecule has 1 N–H and O–H groups in total. The fourth-order valence-corrected chi connectivity index (χ4v) is 4.49. The summed E-state index contributed by atoms with van der Waals surface area (Å²) in [6.07, 6.45) is 19.3. The predicted molar refractivity (Wildman–Crippen MR) is 121 cm³/mol. The van der Waals surface area contributed by atoms with Crippen LogP contribution in [-0.4, -0.2) is 32.3 Å². The molecule has 1 aliphatic heterocycles. The number of anilines is 3. The second kappa shape index (κ2) is 8.69. The van der Waals surface area contributed by atoms with Crippen molar-refractivity contribution in [3.05, 3.63) is 60.6 Å². The zero-order valence-corrected chi connectivity index (χ0v) is 17.2. The number of benzene rings is 1. The summed E-state index contributed by atoms with van der Waals surface area (Å²) in [4.78, 5) is 12.0. The average molecular weight is 401 g/mol. The quantitative estimate of drug-likeness (QED) is 0.639. The molecule has 6 nitrogen and oxygen atoms in total. The number of aromatic nitrogens is 4. The van der Waals surface area contributed by atoms with Gasteiger partial charge in [-0.1, -0.05) is 44.3 Å². The summed E-state index contributed by atoms with van der Waals surface area (Å²) in [6.45, 7) is 0.937. The fraction of sp³-hybridized carbons (Fsp3) is 0.375. The van der Waals surface area contributed by atoms with Crippen LogP contribution < -0.4 is 10.2 Å². The molecule has 0 radical (unpaired) electrons. The Kier molecular flexibility index (Phi) is 5.46. The zero-order chi connectivity index (χ0) is 20.2. The monoisotopic (exact) mass is 400 g/mol. The fourth-order valence-electron chi connectivity index (χ4n) is 4.49. The highest BCUT2D eigenvalue weighted by Crippen LogP contribution is 2.31. The van der Waals surface area contributed by atoms with E-state index >= 15 is 0 Å². The lowest BCUT2D eigenvalue weighted by Gasteiger charge is -2.36. The van der Waals surface area contributed by atoms with Crippen molar-refractivity contribution < 1.29 is 0 Å². The maximum Gasteiger partial charge on any atom is 0.229 e. The van der Waals surface area contributed by atoms with Gasteiger partial charge in [-0.15, -0.1) is 0 Å². The molecule has 2 aromatic heterocycles. The molecule has 1 aromatic carbocycles. The SMILES string of the molecule is C1=Cc2cnc(Nc3ccc(-n4cccn4)cc3)nc2N(C2CCCCCCC2)C1. The molecule has 0 bridgehead atoms. The van der Waals surface area contributed by atoms with Crippen LogP contribution in [0.25, 0.3) is 11.8 Å². The molecule has 0 spiro atoms. The minimum atomic E-state index is 0.574. The van der Waals surface area contributed by atoms with Gasteiger partial charge in [-0.3, -0.25) is 0 Å². The molecule has 30 heavy (non-hydrogen) atoms. The molecule has 0 unspecified atom stereocenters. The van der Waals surface area contributed by atoms with Gasteiger partial charge in [0.25, 0.3) is 0 Å². The first-order valence-electron chi connectivity index (χ1n) is 11.0. The number of rotatable bonds is 4.